The lowest BCUT2D eigenvalue weighted by Crippen LogP contribution is -2.28. The van der Waals surface area contributed by atoms with Gasteiger partial charge in [0.2, 0.25) is 0 Å². The Morgan fingerprint density at radius 2 is 1.70 bits per heavy atom. The molecule has 0 aliphatic rings. The van der Waals surface area contributed by atoms with Crippen LogP contribution in [0.2, 0.25) is 0 Å². The molecule has 2 heterocycles. The summed E-state index contributed by atoms with van der Waals surface area (Å²) in [6, 6.07) is 23.8. The predicted octanol–water partition coefficient (Wildman–Crippen LogP) is 6.25. The molecule has 1 N–H and O–H groups in total. The Labute approximate surface area is 194 Å². The molecule has 0 bridgehead atoms. The van der Waals surface area contributed by atoms with Crippen LogP contribution in [-0.4, -0.2) is 27.0 Å². The minimum absolute atomic E-state index is 0.506. The van der Waals surface area contributed by atoms with E-state index in [-0.39, 0.29) is 0 Å². The molecule has 0 radical (unpaired) electrons. The molecule has 5 rings (SSSR count). The molecule has 0 spiro atoms. The van der Waals surface area contributed by atoms with Crippen molar-refractivity contribution < 1.29 is 9.84 Å². The van der Waals surface area contributed by atoms with Crippen molar-refractivity contribution in [1.29, 1.82) is 0 Å². The zero-order chi connectivity index (χ0) is 23.4. The maximum Gasteiger partial charge on any atom is 0.132 e. The van der Waals surface area contributed by atoms with Gasteiger partial charge in [0.1, 0.15) is 11.4 Å². The first kappa shape index (κ1) is 22.5. The van der Waals surface area contributed by atoms with Crippen molar-refractivity contribution >= 4 is 21.7 Å². The number of aliphatic hydroxyl groups is 1. The van der Waals surface area contributed by atoms with Crippen molar-refractivity contribution in [3.05, 3.63) is 96.4 Å². The van der Waals surface area contributed by atoms with Crippen LogP contribution in [0.15, 0.2) is 85.2 Å². The Balaban J connectivity index is 0.00000126. The highest BCUT2D eigenvalue weighted by Gasteiger charge is 2.33. The molecule has 168 valence electrons. The van der Waals surface area contributed by atoms with Crippen molar-refractivity contribution in [3.8, 4) is 11.4 Å². The minimum atomic E-state index is -1.20. The molecular formula is C28H29N3O2. The Morgan fingerprint density at radius 1 is 0.939 bits per heavy atom. The molecule has 0 saturated heterocycles. The van der Waals surface area contributed by atoms with Crippen LogP contribution in [0, 0.1) is 0 Å². The lowest BCUT2D eigenvalue weighted by molar-refractivity contribution is 0.0737. The standard InChI is InChI=1S/C26H23N3O2.C2H6/c1-3-26(30,25-23-7-5-4-6-18(23)14-15-27-25)20-8-13-24-19(16-20)17-28-29(24)21-9-11-22(31-2)12-10-21;1-2/h4-17,30H,3H2,1-2H3;1-2H3. The van der Waals surface area contributed by atoms with Gasteiger partial charge in [-0.1, -0.05) is 51.1 Å². The zero-order valence-corrected chi connectivity index (χ0v) is 19.5. The Bertz CT molecular complexity index is 1370. The van der Waals surface area contributed by atoms with E-state index in [1.165, 1.54) is 0 Å². The zero-order valence-electron chi connectivity index (χ0n) is 19.5. The van der Waals surface area contributed by atoms with Gasteiger partial charge >= 0.3 is 0 Å². The van der Waals surface area contributed by atoms with Crippen molar-refractivity contribution in [2.24, 2.45) is 0 Å². The number of hydrogen-bond acceptors (Lipinski definition) is 4. The smallest absolute Gasteiger partial charge is 0.132 e. The number of hydrogen-bond donors (Lipinski definition) is 1. The number of methoxy groups -OCH3 is 1. The molecule has 5 aromatic rings. The van der Waals surface area contributed by atoms with Crippen LogP contribution in [-0.2, 0) is 5.60 Å². The molecule has 0 aliphatic heterocycles. The average Bonchev–Trinajstić information content (AvgIpc) is 3.32. The highest BCUT2D eigenvalue weighted by Crippen LogP contribution is 2.37. The van der Waals surface area contributed by atoms with Crippen LogP contribution in [0.5, 0.6) is 5.75 Å². The van der Waals surface area contributed by atoms with E-state index in [0.29, 0.717) is 12.1 Å². The van der Waals surface area contributed by atoms with Gasteiger partial charge in [0.25, 0.3) is 0 Å². The number of nitrogens with zero attached hydrogens (tertiary/aromatic N) is 3. The van der Waals surface area contributed by atoms with Gasteiger partial charge < -0.3 is 9.84 Å². The van der Waals surface area contributed by atoms with E-state index in [4.69, 9.17) is 4.74 Å². The van der Waals surface area contributed by atoms with Crippen molar-refractivity contribution in [1.82, 2.24) is 14.8 Å². The van der Waals surface area contributed by atoms with Gasteiger partial charge in [-0.25, -0.2) is 4.68 Å². The molecule has 5 nitrogen and oxygen atoms in total. The predicted molar refractivity (Wildman–Crippen MR) is 134 cm³/mol. The van der Waals surface area contributed by atoms with Crippen LogP contribution in [0.3, 0.4) is 0 Å². The summed E-state index contributed by atoms with van der Waals surface area (Å²) in [4.78, 5) is 4.59. The van der Waals surface area contributed by atoms with Gasteiger partial charge in [-0.05, 0) is 59.8 Å². The number of pyridine rings is 1. The summed E-state index contributed by atoms with van der Waals surface area (Å²) in [7, 11) is 1.65. The van der Waals surface area contributed by atoms with E-state index in [2.05, 4.69) is 10.1 Å². The SMILES string of the molecule is CC.CCC(O)(c1ccc2c(cnn2-c2ccc(OC)cc2)c1)c1nccc2ccccc12. The molecule has 0 aliphatic carbocycles. The fraction of sp³-hybridized carbons (Fsp3) is 0.214. The van der Waals surface area contributed by atoms with Crippen molar-refractivity contribution in [2.45, 2.75) is 32.8 Å². The molecule has 0 amide bonds. The van der Waals surface area contributed by atoms with E-state index >= 15 is 0 Å². The van der Waals surface area contributed by atoms with E-state index in [0.717, 1.165) is 38.7 Å². The number of fused-ring (bicyclic) bond motifs is 2. The highest BCUT2D eigenvalue weighted by atomic mass is 16.5. The lowest BCUT2D eigenvalue weighted by atomic mass is 9.84. The van der Waals surface area contributed by atoms with E-state index in [9.17, 15) is 5.11 Å². The first-order chi connectivity index (χ1) is 16.1. The van der Waals surface area contributed by atoms with E-state index in [1.807, 2.05) is 104 Å². The maximum absolute atomic E-state index is 11.8. The molecule has 5 heteroatoms. The van der Waals surface area contributed by atoms with Gasteiger partial charge in [-0.15, -0.1) is 0 Å². The van der Waals surface area contributed by atoms with Crippen molar-refractivity contribution in [2.75, 3.05) is 7.11 Å². The highest BCUT2D eigenvalue weighted by molar-refractivity contribution is 5.86. The molecule has 1 atom stereocenters. The summed E-state index contributed by atoms with van der Waals surface area (Å²) in [6.07, 6.45) is 4.10. The molecule has 33 heavy (non-hydrogen) atoms. The molecule has 0 saturated carbocycles. The number of rotatable bonds is 5. The topological polar surface area (TPSA) is 60.2 Å². The Hall–Kier alpha value is -3.70. The second kappa shape index (κ2) is 9.43. The lowest BCUT2D eigenvalue weighted by Gasteiger charge is -2.28. The molecular weight excluding hydrogens is 410 g/mol. The summed E-state index contributed by atoms with van der Waals surface area (Å²) < 4.78 is 7.14. The monoisotopic (exact) mass is 439 g/mol. The fourth-order valence-electron chi connectivity index (χ4n) is 4.18. The first-order valence-corrected chi connectivity index (χ1v) is 11.3. The summed E-state index contributed by atoms with van der Waals surface area (Å²) in [5, 5.41) is 19.4. The average molecular weight is 440 g/mol. The van der Waals surface area contributed by atoms with Gasteiger partial charge in [0, 0.05) is 17.0 Å². The minimum Gasteiger partial charge on any atom is -0.497 e. The summed E-state index contributed by atoms with van der Waals surface area (Å²) in [6.45, 7) is 5.98. The summed E-state index contributed by atoms with van der Waals surface area (Å²) in [5.41, 5.74) is 2.20. The molecule has 0 fully saturated rings. The van der Waals surface area contributed by atoms with Crippen LogP contribution >= 0.6 is 0 Å². The number of aromatic nitrogens is 3. The van der Waals surface area contributed by atoms with Gasteiger partial charge in [-0.2, -0.15) is 5.10 Å². The van der Waals surface area contributed by atoms with Crippen LogP contribution in [0.1, 0.15) is 38.4 Å². The third-order valence-corrected chi connectivity index (χ3v) is 5.94. The second-order valence-corrected chi connectivity index (χ2v) is 7.62. The first-order valence-electron chi connectivity index (χ1n) is 11.3. The third-order valence-electron chi connectivity index (χ3n) is 5.94. The fourth-order valence-corrected chi connectivity index (χ4v) is 4.18. The number of benzene rings is 3. The quantitative estimate of drug-likeness (QED) is 0.351. The molecule has 3 aromatic carbocycles. The normalized spacial score (nSPS) is 12.8. The van der Waals surface area contributed by atoms with Crippen LogP contribution in [0.25, 0.3) is 27.4 Å². The van der Waals surface area contributed by atoms with Gasteiger partial charge in [0.05, 0.1) is 30.2 Å². The molecule has 1 unspecified atom stereocenters. The third kappa shape index (κ3) is 3.96. The second-order valence-electron chi connectivity index (χ2n) is 7.62. The Morgan fingerprint density at radius 3 is 2.42 bits per heavy atom. The summed E-state index contributed by atoms with van der Waals surface area (Å²) >= 11 is 0. The van der Waals surface area contributed by atoms with Crippen LogP contribution in [0.4, 0.5) is 0 Å². The van der Waals surface area contributed by atoms with Crippen molar-refractivity contribution in [3.63, 3.8) is 0 Å². The summed E-state index contributed by atoms with van der Waals surface area (Å²) in [5.74, 6) is 0.804. The van der Waals surface area contributed by atoms with E-state index < -0.39 is 5.60 Å². The largest absolute Gasteiger partial charge is 0.497 e. The van der Waals surface area contributed by atoms with Crippen LogP contribution < -0.4 is 4.74 Å². The van der Waals surface area contributed by atoms with Gasteiger partial charge in [-0.3, -0.25) is 4.98 Å². The molecule has 2 aromatic heterocycles. The van der Waals surface area contributed by atoms with Gasteiger partial charge in [0.15, 0.2) is 0 Å². The maximum atomic E-state index is 11.8. The number of ether oxygens (including phenoxy) is 1. The Kier molecular flexibility index (Phi) is 6.43. The van der Waals surface area contributed by atoms with E-state index in [1.54, 1.807) is 13.3 Å².